The maximum absolute atomic E-state index is 13.7. The standard InChI is InChI=1S/C21H14ClF2N5O7S2/c1-9-2-5-13(15(6-9)38(32,33)34)28-29-17-14(37-36-35-31)8-10-7-11(3-4-12(10)18(17)30)25-20-16(22)19(23)26-21(24)27-20/h2-8,30-31H,1H3,(H,25,26,27)(H,32,33,34). The molecular weight excluding hydrogens is 572 g/mol. The van der Waals surface area contributed by atoms with Gasteiger partial charge >= 0.3 is 6.08 Å². The Balaban J connectivity index is 1.79. The lowest BCUT2D eigenvalue weighted by molar-refractivity contribution is -0.432. The van der Waals surface area contributed by atoms with Crippen LogP contribution < -0.4 is 5.32 Å². The zero-order valence-electron chi connectivity index (χ0n) is 18.8. The number of halogens is 3. The third-order valence-electron chi connectivity index (χ3n) is 4.90. The first-order valence-corrected chi connectivity index (χ1v) is 12.6. The Bertz CT molecular complexity index is 1690. The highest BCUT2D eigenvalue weighted by Gasteiger charge is 2.19. The molecule has 0 unspecified atom stereocenters. The molecule has 4 N–H and O–H groups in total. The number of rotatable bonds is 8. The van der Waals surface area contributed by atoms with E-state index in [0.717, 1.165) is 0 Å². The maximum Gasteiger partial charge on any atom is 0.313 e. The van der Waals surface area contributed by atoms with E-state index in [1.165, 1.54) is 42.5 Å². The first-order chi connectivity index (χ1) is 18.0. The Morgan fingerprint density at radius 2 is 1.87 bits per heavy atom. The molecule has 4 aromatic rings. The number of azo groups is 1. The van der Waals surface area contributed by atoms with Crippen LogP contribution in [0, 0.1) is 18.9 Å². The predicted octanol–water partition coefficient (Wildman–Crippen LogP) is 6.41. The van der Waals surface area contributed by atoms with Crippen LogP contribution in [-0.4, -0.2) is 33.3 Å². The van der Waals surface area contributed by atoms with Crippen molar-refractivity contribution in [1.29, 1.82) is 0 Å². The highest BCUT2D eigenvalue weighted by atomic mass is 35.5. The lowest BCUT2D eigenvalue weighted by Crippen LogP contribution is -2.02. The van der Waals surface area contributed by atoms with E-state index in [9.17, 15) is 26.9 Å². The minimum absolute atomic E-state index is 0.0441. The summed E-state index contributed by atoms with van der Waals surface area (Å²) >= 11 is 6.22. The van der Waals surface area contributed by atoms with Gasteiger partial charge in [-0.25, -0.2) is 5.26 Å². The summed E-state index contributed by atoms with van der Waals surface area (Å²) in [4.78, 5) is 5.84. The lowest BCUT2D eigenvalue weighted by atomic mass is 10.1. The van der Waals surface area contributed by atoms with Crippen molar-refractivity contribution >= 4 is 67.4 Å². The van der Waals surface area contributed by atoms with Crippen LogP contribution in [0.1, 0.15) is 5.56 Å². The lowest BCUT2D eigenvalue weighted by Gasteiger charge is -2.12. The molecule has 0 fully saturated rings. The van der Waals surface area contributed by atoms with Gasteiger partial charge in [-0.1, -0.05) is 22.7 Å². The second-order valence-electron chi connectivity index (χ2n) is 7.45. The van der Waals surface area contributed by atoms with Crippen LogP contribution in [0.15, 0.2) is 62.5 Å². The van der Waals surface area contributed by atoms with Gasteiger partial charge in [0, 0.05) is 11.1 Å². The SMILES string of the molecule is Cc1ccc(N=Nc2c(SOOO)cc3cc(Nc4nc(F)nc(F)c4Cl)ccc3c2O)c(S(=O)(=O)O)c1. The second kappa shape index (κ2) is 11.1. The molecule has 3 aromatic carbocycles. The quantitative estimate of drug-likeness (QED) is 0.0342. The fraction of sp³-hybridized carbons (Fsp3) is 0.0476. The topological polar surface area (TPSA) is 176 Å². The number of phenols is 1. The highest BCUT2D eigenvalue weighted by Crippen LogP contribution is 2.45. The number of aromatic hydroxyl groups is 1. The first kappa shape index (κ1) is 27.5. The van der Waals surface area contributed by atoms with Crippen LogP contribution in [-0.2, 0) is 19.5 Å². The number of aromatic nitrogens is 2. The molecule has 12 nitrogen and oxygen atoms in total. The molecule has 0 spiro atoms. The van der Waals surface area contributed by atoms with Crippen molar-refractivity contribution in [3.05, 3.63) is 65.1 Å². The Labute approximate surface area is 221 Å². The van der Waals surface area contributed by atoms with Crippen molar-refractivity contribution in [2.24, 2.45) is 10.2 Å². The fourth-order valence-corrected chi connectivity index (χ4v) is 4.60. The number of anilines is 2. The minimum Gasteiger partial charge on any atom is -0.505 e. The summed E-state index contributed by atoms with van der Waals surface area (Å²) < 4.78 is 64.6. The van der Waals surface area contributed by atoms with E-state index >= 15 is 0 Å². The zero-order chi connectivity index (χ0) is 27.6. The van der Waals surface area contributed by atoms with E-state index in [0.29, 0.717) is 23.0 Å². The average Bonchev–Trinajstić information content (AvgIpc) is 2.85. The molecule has 0 aliphatic heterocycles. The van der Waals surface area contributed by atoms with Gasteiger partial charge in [0.1, 0.15) is 21.3 Å². The Kier molecular flexibility index (Phi) is 8.02. The average molecular weight is 586 g/mol. The maximum atomic E-state index is 13.7. The van der Waals surface area contributed by atoms with Crippen molar-refractivity contribution in [2.45, 2.75) is 16.7 Å². The normalized spacial score (nSPS) is 11.9. The van der Waals surface area contributed by atoms with Crippen molar-refractivity contribution in [2.75, 3.05) is 5.32 Å². The molecule has 17 heteroatoms. The van der Waals surface area contributed by atoms with E-state index in [-0.39, 0.29) is 33.2 Å². The monoisotopic (exact) mass is 585 g/mol. The number of phenolic OH excluding ortho intramolecular Hbond substituents is 1. The molecular formula is C21H14ClF2N5O7S2. The second-order valence-corrected chi connectivity index (χ2v) is 9.96. The minimum atomic E-state index is -4.64. The zero-order valence-corrected chi connectivity index (χ0v) is 21.1. The van der Waals surface area contributed by atoms with Crippen molar-refractivity contribution in [3.8, 4) is 5.75 Å². The van der Waals surface area contributed by atoms with Crippen molar-refractivity contribution in [1.82, 2.24) is 9.97 Å². The fourth-order valence-electron chi connectivity index (χ4n) is 3.27. The summed E-state index contributed by atoms with van der Waals surface area (Å²) in [7, 11) is -4.64. The summed E-state index contributed by atoms with van der Waals surface area (Å²) in [5, 5.41) is 33.6. The molecule has 1 heterocycles. The Hall–Kier alpha value is -3.51. The van der Waals surface area contributed by atoms with Gasteiger partial charge in [-0.3, -0.25) is 4.55 Å². The smallest absolute Gasteiger partial charge is 0.313 e. The van der Waals surface area contributed by atoms with E-state index in [1.54, 1.807) is 6.92 Å². The number of hydrogen-bond acceptors (Lipinski definition) is 12. The van der Waals surface area contributed by atoms with Crippen LogP contribution in [0.2, 0.25) is 5.02 Å². The number of aryl methyl sites for hydroxylation is 1. The molecule has 0 aliphatic rings. The number of hydrogen-bond donors (Lipinski definition) is 4. The highest BCUT2D eigenvalue weighted by molar-refractivity contribution is 7.94. The summed E-state index contributed by atoms with van der Waals surface area (Å²) in [6.07, 6.45) is -1.34. The summed E-state index contributed by atoms with van der Waals surface area (Å²) in [5.41, 5.74) is 0.380. The van der Waals surface area contributed by atoms with Gasteiger partial charge < -0.3 is 10.4 Å². The largest absolute Gasteiger partial charge is 0.505 e. The molecule has 1 aromatic heterocycles. The predicted molar refractivity (Wildman–Crippen MR) is 132 cm³/mol. The first-order valence-electron chi connectivity index (χ1n) is 10.1. The van der Waals surface area contributed by atoms with E-state index in [2.05, 4.69) is 34.9 Å². The molecule has 198 valence electrons. The number of fused-ring (bicyclic) bond motifs is 1. The summed E-state index contributed by atoms with van der Waals surface area (Å²) in [6.45, 7) is 1.61. The number of nitrogens with zero attached hydrogens (tertiary/aromatic N) is 4. The molecule has 38 heavy (non-hydrogen) atoms. The van der Waals surface area contributed by atoms with Crippen LogP contribution in [0.5, 0.6) is 5.75 Å². The van der Waals surface area contributed by atoms with E-state index in [4.69, 9.17) is 16.9 Å². The molecule has 0 saturated carbocycles. The van der Waals surface area contributed by atoms with Crippen molar-refractivity contribution in [3.63, 3.8) is 0 Å². The molecule has 0 aliphatic carbocycles. The van der Waals surface area contributed by atoms with Crippen LogP contribution in [0.3, 0.4) is 0 Å². The van der Waals surface area contributed by atoms with Gasteiger partial charge in [0.2, 0.25) is 5.95 Å². The van der Waals surface area contributed by atoms with Gasteiger partial charge in [0.25, 0.3) is 10.1 Å². The van der Waals surface area contributed by atoms with Crippen molar-refractivity contribution < 1.29 is 41.5 Å². The summed E-state index contributed by atoms with van der Waals surface area (Å²) in [5.74, 6) is -2.04. The Morgan fingerprint density at radius 1 is 1.11 bits per heavy atom. The van der Waals surface area contributed by atoms with Gasteiger partial charge in [0.05, 0.1) is 16.9 Å². The van der Waals surface area contributed by atoms with E-state index in [1.807, 2.05) is 0 Å². The molecule has 0 radical (unpaired) electrons. The summed E-state index contributed by atoms with van der Waals surface area (Å²) in [6, 6.07) is 9.80. The number of benzene rings is 3. The molecule has 0 bridgehead atoms. The van der Waals surface area contributed by atoms with E-state index < -0.39 is 37.8 Å². The van der Waals surface area contributed by atoms with Gasteiger partial charge in [-0.15, -0.1) is 14.6 Å². The molecule has 0 amide bonds. The molecule has 0 atom stereocenters. The van der Waals surface area contributed by atoms with Gasteiger partial charge in [-0.2, -0.15) is 27.2 Å². The van der Waals surface area contributed by atoms with Gasteiger partial charge in [-0.05, 0) is 54.3 Å². The van der Waals surface area contributed by atoms with Crippen LogP contribution in [0.25, 0.3) is 10.8 Å². The van der Waals surface area contributed by atoms with Crippen LogP contribution >= 0.6 is 23.6 Å². The van der Waals surface area contributed by atoms with Gasteiger partial charge in [0.15, 0.2) is 11.6 Å². The molecule has 0 saturated heterocycles. The third-order valence-corrected chi connectivity index (χ3v) is 6.74. The Morgan fingerprint density at radius 3 is 2.58 bits per heavy atom. The third kappa shape index (κ3) is 5.97. The molecule has 4 rings (SSSR count). The van der Waals surface area contributed by atoms with Crippen LogP contribution in [0.4, 0.5) is 31.7 Å². The number of nitrogens with one attached hydrogen (secondary N) is 1.